The third kappa shape index (κ3) is 3.36. The lowest BCUT2D eigenvalue weighted by Gasteiger charge is -2.31. The number of carbonyl (C=O) groups excluding carboxylic acids is 3. The summed E-state index contributed by atoms with van der Waals surface area (Å²) in [5, 5.41) is 2.31. The van der Waals surface area contributed by atoms with Gasteiger partial charge in [0.1, 0.15) is 12.2 Å². The van der Waals surface area contributed by atoms with E-state index in [2.05, 4.69) is 5.32 Å². The molecular formula is C20H24FN3O3. The van der Waals surface area contributed by atoms with Gasteiger partial charge in [0.15, 0.2) is 0 Å². The lowest BCUT2D eigenvalue weighted by molar-refractivity contribution is -0.136. The van der Waals surface area contributed by atoms with Gasteiger partial charge in [-0.25, -0.2) is 4.39 Å². The van der Waals surface area contributed by atoms with Gasteiger partial charge in [0, 0.05) is 24.6 Å². The van der Waals surface area contributed by atoms with Crippen LogP contribution in [0.2, 0.25) is 0 Å². The Bertz CT molecular complexity index is 797. The topological polar surface area (TPSA) is 92.5 Å². The van der Waals surface area contributed by atoms with Crippen LogP contribution in [0.5, 0.6) is 0 Å². The maximum atomic E-state index is 13.9. The Labute approximate surface area is 157 Å². The number of rotatable bonds is 3. The van der Waals surface area contributed by atoms with Crippen molar-refractivity contribution >= 4 is 17.7 Å². The van der Waals surface area contributed by atoms with Gasteiger partial charge in [-0.3, -0.25) is 19.7 Å². The second-order valence-corrected chi connectivity index (χ2v) is 7.88. The molecule has 1 unspecified atom stereocenters. The van der Waals surface area contributed by atoms with Gasteiger partial charge in [-0.05, 0) is 48.8 Å². The summed E-state index contributed by atoms with van der Waals surface area (Å²) < 4.78 is 13.9. The number of imide groups is 1. The minimum atomic E-state index is -0.942. The number of fused-ring (bicyclic) bond motifs is 1. The first kappa shape index (κ1) is 18.1. The van der Waals surface area contributed by atoms with Crippen molar-refractivity contribution in [2.45, 2.75) is 63.3 Å². The van der Waals surface area contributed by atoms with E-state index in [0.29, 0.717) is 31.4 Å². The monoisotopic (exact) mass is 373 g/mol. The second kappa shape index (κ2) is 7.03. The number of nitrogens with zero attached hydrogens (tertiary/aromatic N) is 1. The molecule has 0 bridgehead atoms. The van der Waals surface area contributed by atoms with Crippen LogP contribution in [0.3, 0.4) is 0 Å². The standard InChI is InChI=1S/C20H24FN3O3/c21-15-3-1-2-12(18(15)22)8-11-4-5-14-13(9-11)10-24(20(14)27)16-6-7-17(25)23-19(16)26/h4-5,9,12,15-16,18H,1-3,6-8,10,22H2,(H,23,25,26)/t12-,15-,16?,18-/m1/s1. The number of carbonyl (C=O) groups is 3. The molecule has 1 saturated heterocycles. The molecule has 0 aromatic heterocycles. The minimum Gasteiger partial charge on any atom is -0.325 e. The first-order valence-corrected chi connectivity index (χ1v) is 9.60. The molecule has 6 nitrogen and oxygen atoms in total. The van der Waals surface area contributed by atoms with Gasteiger partial charge < -0.3 is 10.6 Å². The molecule has 1 aromatic carbocycles. The van der Waals surface area contributed by atoms with Crippen molar-refractivity contribution in [3.05, 3.63) is 34.9 Å². The Hall–Kier alpha value is -2.28. The molecule has 7 heteroatoms. The molecule has 2 heterocycles. The van der Waals surface area contributed by atoms with E-state index in [-0.39, 0.29) is 24.2 Å². The van der Waals surface area contributed by atoms with Crippen LogP contribution in [0.15, 0.2) is 18.2 Å². The lowest BCUT2D eigenvalue weighted by atomic mass is 9.80. The first-order valence-electron chi connectivity index (χ1n) is 9.60. The van der Waals surface area contributed by atoms with Crippen LogP contribution in [0.4, 0.5) is 4.39 Å². The molecule has 1 aliphatic carbocycles. The molecule has 2 aliphatic heterocycles. The van der Waals surface area contributed by atoms with E-state index < -0.39 is 24.2 Å². The van der Waals surface area contributed by atoms with Gasteiger partial charge in [0.25, 0.3) is 5.91 Å². The number of halogens is 1. The summed E-state index contributed by atoms with van der Waals surface area (Å²) in [6.45, 7) is 0.358. The van der Waals surface area contributed by atoms with Gasteiger partial charge in [-0.15, -0.1) is 0 Å². The fraction of sp³-hybridized carbons (Fsp3) is 0.550. The van der Waals surface area contributed by atoms with E-state index in [4.69, 9.17) is 5.73 Å². The van der Waals surface area contributed by atoms with Crippen molar-refractivity contribution in [1.29, 1.82) is 0 Å². The van der Waals surface area contributed by atoms with Gasteiger partial charge in [0.2, 0.25) is 11.8 Å². The highest BCUT2D eigenvalue weighted by Crippen LogP contribution is 2.31. The number of nitrogens with two attached hydrogens (primary N) is 1. The fourth-order valence-corrected chi connectivity index (χ4v) is 4.55. The predicted octanol–water partition coefficient (Wildman–Crippen LogP) is 1.46. The number of benzene rings is 1. The molecule has 4 atom stereocenters. The van der Waals surface area contributed by atoms with E-state index in [1.54, 1.807) is 11.0 Å². The Balaban J connectivity index is 1.49. The van der Waals surface area contributed by atoms with Gasteiger partial charge in [-0.2, -0.15) is 0 Å². The van der Waals surface area contributed by atoms with Crippen molar-refractivity contribution in [2.24, 2.45) is 11.7 Å². The molecule has 1 aromatic rings. The third-order valence-corrected chi connectivity index (χ3v) is 6.10. The number of alkyl halides is 1. The highest BCUT2D eigenvalue weighted by molar-refractivity contribution is 6.05. The predicted molar refractivity (Wildman–Crippen MR) is 96.4 cm³/mol. The Morgan fingerprint density at radius 1 is 1.19 bits per heavy atom. The normalized spacial score (nSPS) is 31.0. The van der Waals surface area contributed by atoms with Gasteiger partial charge in [0.05, 0.1) is 0 Å². The quantitative estimate of drug-likeness (QED) is 0.785. The third-order valence-electron chi connectivity index (χ3n) is 6.10. The van der Waals surface area contributed by atoms with Crippen LogP contribution < -0.4 is 11.1 Å². The molecule has 4 rings (SSSR count). The summed E-state index contributed by atoms with van der Waals surface area (Å²) in [5.74, 6) is -0.771. The zero-order valence-electron chi connectivity index (χ0n) is 15.1. The fourth-order valence-electron chi connectivity index (χ4n) is 4.55. The number of hydrogen-bond donors (Lipinski definition) is 2. The Kier molecular flexibility index (Phi) is 4.72. The molecule has 144 valence electrons. The first-order chi connectivity index (χ1) is 12.9. The summed E-state index contributed by atoms with van der Waals surface area (Å²) in [4.78, 5) is 37.7. The van der Waals surface area contributed by atoms with Gasteiger partial charge in [-0.1, -0.05) is 18.6 Å². The Morgan fingerprint density at radius 2 is 2.00 bits per heavy atom. The van der Waals surface area contributed by atoms with Crippen LogP contribution in [0.25, 0.3) is 0 Å². The zero-order valence-corrected chi connectivity index (χ0v) is 15.1. The molecule has 0 radical (unpaired) electrons. The molecule has 3 amide bonds. The highest BCUT2D eigenvalue weighted by atomic mass is 19.1. The van der Waals surface area contributed by atoms with Crippen molar-refractivity contribution in [3.63, 3.8) is 0 Å². The van der Waals surface area contributed by atoms with Gasteiger partial charge >= 0.3 is 0 Å². The number of hydrogen-bond acceptors (Lipinski definition) is 4. The van der Waals surface area contributed by atoms with Crippen LogP contribution in [0.1, 0.15) is 53.6 Å². The van der Waals surface area contributed by atoms with Crippen molar-refractivity contribution in [1.82, 2.24) is 10.2 Å². The molecule has 1 saturated carbocycles. The molecule has 0 spiro atoms. The largest absolute Gasteiger partial charge is 0.325 e. The van der Waals surface area contributed by atoms with E-state index in [1.807, 2.05) is 12.1 Å². The van der Waals surface area contributed by atoms with Crippen LogP contribution in [-0.2, 0) is 22.6 Å². The lowest BCUT2D eigenvalue weighted by Crippen LogP contribution is -2.52. The van der Waals surface area contributed by atoms with Crippen LogP contribution in [0, 0.1) is 5.92 Å². The van der Waals surface area contributed by atoms with E-state index in [9.17, 15) is 18.8 Å². The number of amides is 3. The second-order valence-electron chi connectivity index (χ2n) is 7.88. The van der Waals surface area contributed by atoms with Crippen molar-refractivity contribution < 1.29 is 18.8 Å². The Morgan fingerprint density at radius 3 is 2.78 bits per heavy atom. The summed E-state index contributed by atoms with van der Waals surface area (Å²) in [7, 11) is 0. The maximum Gasteiger partial charge on any atom is 0.255 e. The molecular weight excluding hydrogens is 349 g/mol. The zero-order chi connectivity index (χ0) is 19.1. The summed E-state index contributed by atoms with van der Waals surface area (Å²) in [5.41, 5.74) is 8.56. The average molecular weight is 373 g/mol. The van der Waals surface area contributed by atoms with E-state index in [1.165, 1.54) is 0 Å². The minimum absolute atomic E-state index is 0.107. The van der Waals surface area contributed by atoms with Crippen LogP contribution >= 0.6 is 0 Å². The molecule has 3 N–H and O–H groups in total. The number of piperidine rings is 1. The average Bonchev–Trinajstić information content (AvgIpc) is 2.95. The summed E-state index contributed by atoms with van der Waals surface area (Å²) >= 11 is 0. The smallest absolute Gasteiger partial charge is 0.255 e. The highest BCUT2D eigenvalue weighted by Gasteiger charge is 2.39. The number of nitrogens with one attached hydrogen (secondary N) is 1. The maximum absolute atomic E-state index is 13.9. The molecule has 27 heavy (non-hydrogen) atoms. The summed E-state index contributed by atoms with van der Waals surface area (Å²) in [6, 6.07) is 4.63. The molecule has 2 fully saturated rings. The van der Waals surface area contributed by atoms with Crippen molar-refractivity contribution in [3.8, 4) is 0 Å². The summed E-state index contributed by atoms with van der Waals surface area (Å²) in [6.07, 6.45) is 2.66. The van der Waals surface area contributed by atoms with Crippen LogP contribution in [-0.4, -0.2) is 40.9 Å². The molecule has 3 aliphatic rings. The van der Waals surface area contributed by atoms with E-state index in [0.717, 1.165) is 24.0 Å². The van der Waals surface area contributed by atoms with E-state index >= 15 is 0 Å². The SMILES string of the molecule is N[C@@H]1[C@@H](Cc2ccc3c(c2)CN(C2CCC(=O)NC2=O)C3=O)CCC[C@H]1F. The van der Waals surface area contributed by atoms with Crippen molar-refractivity contribution in [2.75, 3.05) is 0 Å².